The summed E-state index contributed by atoms with van der Waals surface area (Å²) in [5.41, 5.74) is 4.98. The Balaban J connectivity index is 2.01. The van der Waals surface area contributed by atoms with Crippen LogP contribution < -0.4 is 11.2 Å². The molecular formula is C28H25N5O2. The molecule has 0 spiro atoms. The Kier molecular flexibility index (Phi) is 5.17. The number of rotatable bonds is 3. The van der Waals surface area contributed by atoms with Crippen LogP contribution in [0.5, 0.6) is 0 Å². The summed E-state index contributed by atoms with van der Waals surface area (Å²) in [5, 5.41) is 11.6. The number of nitrogens with zero attached hydrogens (tertiary/aromatic N) is 4. The maximum atomic E-state index is 13.4. The van der Waals surface area contributed by atoms with Crippen LogP contribution in [0, 0.1) is 18.3 Å². The van der Waals surface area contributed by atoms with Gasteiger partial charge in [-0.2, -0.15) is 5.26 Å². The minimum absolute atomic E-state index is 0.250. The van der Waals surface area contributed by atoms with E-state index in [-0.39, 0.29) is 11.0 Å². The molecule has 0 aliphatic carbocycles. The Morgan fingerprint density at radius 2 is 1.66 bits per heavy atom. The number of hydrogen-bond acceptors (Lipinski definition) is 4. The van der Waals surface area contributed by atoms with Crippen molar-refractivity contribution in [2.75, 3.05) is 0 Å². The summed E-state index contributed by atoms with van der Waals surface area (Å²) >= 11 is 0. The van der Waals surface area contributed by atoms with Gasteiger partial charge in [-0.25, -0.2) is 9.78 Å². The SMILES string of the molecule is Cc1[nH]c2ccccc2c1-c1nc2c(c(-c3ccc(C(C)C)cc3)c1C#N)c(=O)n(C)c(=O)n2C. The van der Waals surface area contributed by atoms with Crippen LogP contribution in [0.4, 0.5) is 0 Å². The van der Waals surface area contributed by atoms with E-state index in [0.717, 1.165) is 37.9 Å². The van der Waals surface area contributed by atoms with E-state index < -0.39 is 11.2 Å². The molecule has 0 saturated carbocycles. The van der Waals surface area contributed by atoms with Crippen molar-refractivity contribution in [1.82, 2.24) is 19.1 Å². The Hall–Kier alpha value is -4.44. The number of H-pyrrole nitrogens is 1. The minimum atomic E-state index is -0.475. The quantitative estimate of drug-likeness (QED) is 0.418. The van der Waals surface area contributed by atoms with Crippen LogP contribution in [0.15, 0.2) is 58.1 Å². The van der Waals surface area contributed by atoms with Gasteiger partial charge in [-0.1, -0.05) is 56.3 Å². The Morgan fingerprint density at radius 3 is 2.31 bits per heavy atom. The molecule has 3 aromatic heterocycles. The molecule has 1 N–H and O–H groups in total. The predicted octanol–water partition coefficient (Wildman–Crippen LogP) is 4.75. The molecule has 3 heterocycles. The molecule has 2 aromatic carbocycles. The van der Waals surface area contributed by atoms with Gasteiger partial charge in [-0.3, -0.25) is 13.9 Å². The first-order chi connectivity index (χ1) is 16.7. The van der Waals surface area contributed by atoms with E-state index in [1.165, 1.54) is 11.6 Å². The molecule has 0 bridgehead atoms. The number of pyridine rings is 1. The van der Waals surface area contributed by atoms with Gasteiger partial charge in [0.05, 0.1) is 16.6 Å². The number of hydrogen-bond donors (Lipinski definition) is 1. The molecule has 0 aliphatic heterocycles. The van der Waals surface area contributed by atoms with E-state index >= 15 is 0 Å². The van der Waals surface area contributed by atoms with E-state index in [1.807, 2.05) is 55.5 Å². The Bertz CT molecular complexity index is 1800. The van der Waals surface area contributed by atoms with Crippen molar-refractivity contribution in [3.8, 4) is 28.5 Å². The number of fused-ring (bicyclic) bond motifs is 2. The lowest BCUT2D eigenvalue weighted by Gasteiger charge is -2.16. The molecule has 0 unspecified atom stereocenters. The zero-order chi connectivity index (χ0) is 25.0. The number of aromatic amines is 1. The average molecular weight is 464 g/mol. The maximum Gasteiger partial charge on any atom is 0.332 e. The molecule has 5 aromatic rings. The van der Waals surface area contributed by atoms with Gasteiger partial charge in [0.1, 0.15) is 6.07 Å². The fourth-order valence-electron chi connectivity index (χ4n) is 4.78. The fraction of sp³-hybridized carbons (Fsp3) is 0.214. The Morgan fingerprint density at radius 1 is 0.971 bits per heavy atom. The molecule has 174 valence electrons. The number of aromatic nitrogens is 4. The smallest absolute Gasteiger partial charge is 0.332 e. The van der Waals surface area contributed by atoms with E-state index in [9.17, 15) is 14.9 Å². The second-order valence-corrected chi connectivity index (χ2v) is 9.17. The first-order valence-electron chi connectivity index (χ1n) is 11.5. The van der Waals surface area contributed by atoms with Crippen LogP contribution in [-0.4, -0.2) is 19.1 Å². The summed E-state index contributed by atoms with van der Waals surface area (Å²) in [6, 6.07) is 18.0. The third-order valence-electron chi connectivity index (χ3n) is 6.70. The van der Waals surface area contributed by atoms with E-state index in [4.69, 9.17) is 4.98 Å². The van der Waals surface area contributed by atoms with Crippen LogP contribution in [0.1, 0.15) is 36.6 Å². The number of nitriles is 1. The Labute approximate surface area is 201 Å². The highest BCUT2D eigenvalue weighted by Crippen LogP contribution is 2.39. The fourth-order valence-corrected chi connectivity index (χ4v) is 4.78. The third kappa shape index (κ3) is 3.29. The summed E-state index contributed by atoms with van der Waals surface area (Å²) in [4.78, 5) is 34.4. The average Bonchev–Trinajstić information content (AvgIpc) is 3.20. The number of benzene rings is 2. The molecule has 0 aliphatic rings. The first kappa shape index (κ1) is 22.4. The van der Waals surface area contributed by atoms with Gasteiger partial charge in [-0.05, 0) is 30.0 Å². The van der Waals surface area contributed by atoms with Gasteiger partial charge in [0, 0.05) is 41.8 Å². The predicted molar refractivity (Wildman–Crippen MR) is 138 cm³/mol. The van der Waals surface area contributed by atoms with Crippen LogP contribution >= 0.6 is 0 Å². The monoisotopic (exact) mass is 463 g/mol. The van der Waals surface area contributed by atoms with Crippen LogP contribution in [0.2, 0.25) is 0 Å². The topological polar surface area (TPSA) is 96.5 Å². The highest BCUT2D eigenvalue weighted by atomic mass is 16.2. The van der Waals surface area contributed by atoms with E-state index in [1.54, 1.807) is 7.05 Å². The molecule has 0 fully saturated rings. The first-order valence-corrected chi connectivity index (χ1v) is 11.5. The van der Waals surface area contributed by atoms with Crippen molar-refractivity contribution in [3.63, 3.8) is 0 Å². The zero-order valence-corrected chi connectivity index (χ0v) is 20.3. The van der Waals surface area contributed by atoms with E-state index in [0.29, 0.717) is 22.7 Å². The lowest BCUT2D eigenvalue weighted by atomic mass is 9.91. The van der Waals surface area contributed by atoms with Crippen LogP contribution in [0.25, 0.3) is 44.3 Å². The van der Waals surface area contributed by atoms with Crippen LogP contribution in [0.3, 0.4) is 0 Å². The van der Waals surface area contributed by atoms with E-state index in [2.05, 4.69) is 24.9 Å². The molecule has 0 saturated heterocycles. The molecule has 35 heavy (non-hydrogen) atoms. The lowest BCUT2D eigenvalue weighted by molar-refractivity contribution is 0.708. The largest absolute Gasteiger partial charge is 0.358 e. The van der Waals surface area contributed by atoms with Crippen molar-refractivity contribution in [1.29, 1.82) is 5.26 Å². The van der Waals surface area contributed by atoms with Gasteiger partial charge < -0.3 is 4.98 Å². The second kappa shape index (κ2) is 8.10. The van der Waals surface area contributed by atoms with Gasteiger partial charge >= 0.3 is 5.69 Å². The highest BCUT2D eigenvalue weighted by molar-refractivity contribution is 6.04. The standard InChI is InChI=1S/C28H25N5O2/c1-15(2)17-10-12-18(13-11-17)23-20(14-29)25(22-16(3)30-21-9-7-6-8-19(21)22)31-26-24(23)27(34)33(5)28(35)32(26)4/h6-13,15,30H,1-5H3. The molecule has 7 heteroatoms. The normalized spacial score (nSPS) is 11.5. The molecular weight excluding hydrogens is 438 g/mol. The second-order valence-electron chi connectivity index (χ2n) is 9.17. The van der Waals surface area contributed by atoms with Gasteiger partial charge in [0.25, 0.3) is 5.56 Å². The molecule has 7 nitrogen and oxygen atoms in total. The highest BCUT2D eigenvalue weighted by Gasteiger charge is 2.25. The summed E-state index contributed by atoms with van der Waals surface area (Å²) in [7, 11) is 3.04. The number of para-hydroxylation sites is 1. The van der Waals surface area contributed by atoms with Gasteiger partial charge in [0.2, 0.25) is 0 Å². The molecule has 0 atom stereocenters. The summed E-state index contributed by atoms with van der Waals surface area (Å²) in [6.45, 7) is 6.16. The molecule has 0 amide bonds. The van der Waals surface area contributed by atoms with Crippen molar-refractivity contribution in [3.05, 3.63) is 86.2 Å². The van der Waals surface area contributed by atoms with Gasteiger partial charge in [0.15, 0.2) is 5.65 Å². The molecule has 5 rings (SSSR count). The van der Waals surface area contributed by atoms with Crippen molar-refractivity contribution in [2.45, 2.75) is 26.7 Å². The van der Waals surface area contributed by atoms with Crippen molar-refractivity contribution >= 4 is 21.9 Å². The summed E-state index contributed by atoms with van der Waals surface area (Å²) in [5.74, 6) is 0.340. The number of nitrogens with one attached hydrogen (secondary N) is 1. The van der Waals surface area contributed by atoms with Gasteiger partial charge in [-0.15, -0.1) is 0 Å². The zero-order valence-electron chi connectivity index (χ0n) is 20.3. The van der Waals surface area contributed by atoms with Crippen molar-refractivity contribution < 1.29 is 0 Å². The van der Waals surface area contributed by atoms with Crippen LogP contribution in [-0.2, 0) is 14.1 Å². The van der Waals surface area contributed by atoms with Crippen molar-refractivity contribution in [2.24, 2.45) is 14.1 Å². The lowest BCUT2D eigenvalue weighted by Crippen LogP contribution is -2.37. The minimum Gasteiger partial charge on any atom is -0.358 e. The maximum absolute atomic E-state index is 13.4. The summed E-state index contributed by atoms with van der Waals surface area (Å²) < 4.78 is 2.44. The number of aryl methyl sites for hydroxylation is 2. The third-order valence-corrected chi connectivity index (χ3v) is 6.70. The summed E-state index contributed by atoms with van der Waals surface area (Å²) in [6.07, 6.45) is 0. The molecule has 0 radical (unpaired) electrons.